The van der Waals surface area contributed by atoms with Gasteiger partial charge in [-0.15, -0.1) is 0 Å². The highest BCUT2D eigenvalue weighted by atomic mass is 16.6. The Kier molecular flexibility index (Phi) is 7.15. The van der Waals surface area contributed by atoms with Crippen LogP contribution in [0.1, 0.15) is 34.1 Å². The van der Waals surface area contributed by atoms with Gasteiger partial charge in [0.2, 0.25) is 0 Å². The Bertz CT molecular complexity index is 501. The van der Waals surface area contributed by atoms with Crippen molar-refractivity contribution in [3.63, 3.8) is 0 Å². The highest BCUT2D eigenvalue weighted by Gasteiger charge is 2.52. The zero-order valence-corrected chi connectivity index (χ0v) is 14.3. The summed E-state index contributed by atoms with van der Waals surface area (Å²) in [4.78, 5) is 45.6. The maximum absolute atomic E-state index is 11.4. The largest absolute Gasteiger partial charge is 0.458 e. The second-order valence-electron chi connectivity index (χ2n) is 5.38. The van der Waals surface area contributed by atoms with Gasteiger partial charge in [-0.25, -0.2) is 0 Å². The van der Waals surface area contributed by atoms with Crippen molar-refractivity contribution in [2.24, 2.45) is 0 Å². The standard InChI is InChI=1S/C15H22O9/c1-7(16)21-12-6-11(20-5)13(22-8(2)17)15(24-10(4)19)14(12)23-9(3)18/h11-15H,6H2,1-5H3/t11-,12+,13-,14-,15+/m0/s1. The summed E-state index contributed by atoms with van der Waals surface area (Å²) in [5.74, 6) is -2.55. The third-order valence-electron chi connectivity index (χ3n) is 3.37. The van der Waals surface area contributed by atoms with Crippen LogP contribution < -0.4 is 0 Å². The summed E-state index contributed by atoms with van der Waals surface area (Å²) in [6.07, 6.45) is -4.82. The van der Waals surface area contributed by atoms with Gasteiger partial charge in [-0.2, -0.15) is 0 Å². The first-order valence-electron chi connectivity index (χ1n) is 7.37. The van der Waals surface area contributed by atoms with Gasteiger partial charge >= 0.3 is 23.9 Å². The van der Waals surface area contributed by atoms with E-state index in [1.807, 2.05) is 0 Å². The summed E-state index contributed by atoms with van der Waals surface area (Å²) in [5.41, 5.74) is 0. The zero-order chi connectivity index (χ0) is 18.4. The van der Waals surface area contributed by atoms with Crippen LogP contribution in [0.4, 0.5) is 0 Å². The lowest BCUT2D eigenvalue weighted by atomic mass is 9.86. The number of hydrogen-bond acceptors (Lipinski definition) is 9. The Labute approximate surface area is 139 Å². The zero-order valence-electron chi connectivity index (χ0n) is 14.3. The van der Waals surface area contributed by atoms with Crippen LogP contribution in [0.3, 0.4) is 0 Å². The normalized spacial score (nSPS) is 29.3. The molecule has 0 unspecified atom stereocenters. The number of esters is 4. The van der Waals surface area contributed by atoms with Crippen LogP contribution in [0.5, 0.6) is 0 Å². The molecule has 0 aromatic rings. The first kappa shape index (κ1) is 19.9. The second kappa shape index (κ2) is 8.62. The number of hydrogen-bond donors (Lipinski definition) is 0. The molecule has 0 amide bonds. The van der Waals surface area contributed by atoms with Crippen molar-refractivity contribution < 1.29 is 42.9 Å². The molecular weight excluding hydrogens is 324 g/mol. The molecule has 1 aliphatic rings. The number of carbonyl (C=O) groups excluding carboxylic acids is 4. The molecule has 0 heterocycles. The molecular formula is C15H22O9. The Balaban J connectivity index is 3.23. The Morgan fingerprint density at radius 1 is 0.625 bits per heavy atom. The van der Waals surface area contributed by atoms with Crippen molar-refractivity contribution >= 4 is 23.9 Å². The molecule has 24 heavy (non-hydrogen) atoms. The van der Waals surface area contributed by atoms with Crippen molar-refractivity contribution in [2.75, 3.05) is 7.11 Å². The quantitative estimate of drug-likeness (QED) is 0.506. The molecule has 0 radical (unpaired) electrons. The van der Waals surface area contributed by atoms with Gasteiger partial charge in [0.1, 0.15) is 12.2 Å². The summed E-state index contributed by atoms with van der Waals surface area (Å²) in [7, 11) is 1.38. The Hall–Kier alpha value is -2.16. The molecule has 0 bridgehead atoms. The number of methoxy groups -OCH3 is 1. The first-order chi connectivity index (χ1) is 11.1. The molecule has 5 atom stereocenters. The number of carbonyl (C=O) groups is 4. The molecule has 0 aromatic heterocycles. The average molecular weight is 346 g/mol. The molecule has 0 aliphatic heterocycles. The third-order valence-corrected chi connectivity index (χ3v) is 3.37. The maximum Gasteiger partial charge on any atom is 0.303 e. The minimum atomic E-state index is -1.17. The summed E-state index contributed by atoms with van der Waals surface area (Å²) < 4.78 is 26.0. The van der Waals surface area contributed by atoms with Crippen LogP contribution in [-0.2, 0) is 42.9 Å². The van der Waals surface area contributed by atoms with Gasteiger partial charge in [0.15, 0.2) is 18.3 Å². The van der Waals surface area contributed by atoms with Gasteiger partial charge in [0.05, 0.1) is 0 Å². The fraction of sp³-hybridized carbons (Fsp3) is 0.733. The molecule has 0 spiro atoms. The van der Waals surface area contributed by atoms with Crippen molar-refractivity contribution in [1.82, 2.24) is 0 Å². The Morgan fingerprint density at radius 2 is 1.00 bits per heavy atom. The Morgan fingerprint density at radius 3 is 1.38 bits per heavy atom. The van der Waals surface area contributed by atoms with Crippen LogP contribution in [0, 0.1) is 0 Å². The van der Waals surface area contributed by atoms with Crippen LogP contribution in [0.25, 0.3) is 0 Å². The van der Waals surface area contributed by atoms with Gasteiger partial charge < -0.3 is 23.7 Å². The smallest absolute Gasteiger partial charge is 0.303 e. The molecule has 1 fully saturated rings. The van der Waals surface area contributed by atoms with Crippen LogP contribution in [0.2, 0.25) is 0 Å². The fourth-order valence-electron chi connectivity index (χ4n) is 2.66. The van der Waals surface area contributed by atoms with Gasteiger partial charge in [0.25, 0.3) is 0 Å². The van der Waals surface area contributed by atoms with Gasteiger partial charge in [-0.05, 0) is 0 Å². The monoisotopic (exact) mass is 346 g/mol. The summed E-state index contributed by atoms with van der Waals surface area (Å²) in [5, 5.41) is 0. The first-order valence-corrected chi connectivity index (χ1v) is 7.37. The predicted molar refractivity (Wildman–Crippen MR) is 77.6 cm³/mol. The fourth-order valence-corrected chi connectivity index (χ4v) is 2.66. The molecule has 9 nitrogen and oxygen atoms in total. The van der Waals surface area contributed by atoms with E-state index in [-0.39, 0.29) is 6.42 Å². The van der Waals surface area contributed by atoms with Gasteiger partial charge in [0, 0.05) is 41.2 Å². The van der Waals surface area contributed by atoms with E-state index >= 15 is 0 Å². The molecule has 1 aliphatic carbocycles. The van der Waals surface area contributed by atoms with E-state index < -0.39 is 54.4 Å². The van der Waals surface area contributed by atoms with Gasteiger partial charge in [-0.3, -0.25) is 19.2 Å². The average Bonchev–Trinajstić information content (AvgIpc) is 2.42. The lowest BCUT2D eigenvalue weighted by Crippen LogP contribution is -2.61. The third kappa shape index (κ3) is 5.48. The molecule has 0 saturated heterocycles. The highest BCUT2D eigenvalue weighted by molar-refractivity contribution is 5.69. The van der Waals surface area contributed by atoms with E-state index in [1.54, 1.807) is 0 Å². The predicted octanol–water partition coefficient (Wildman–Crippen LogP) is 0.132. The van der Waals surface area contributed by atoms with Crippen LogP contribution in [0.15, 0.2) is 0 Å². The van der Waals surface area contributed by atoms with E-state index in [1.165, 1.54) is 27.9 Å². The summed E-state index contributed by atoms with van der Waals surface area (Å²) in [6, 6.07) is 0. The van der Waals surface area contributed by atoms with E-state index in [4.69, 9.17) is 23.7 Å². The second-order valence-corrected chi connectivity index (χ2v) is 5.38. The lowest BCUT2D eigenvalue weighted by molar-refractivity contribution is -0.228. The van der Waals surface area contributed by atoms with Crippen LogP contribution >= 0.6 is 0 Å². The van der Waals surface area contributed by atoms with Crippen molar-refractivity contribution in [3.8, 4) is 0 Å². The topological polar surface area (TPSA) is 114 Å². The lowest BCUT2D eigenvalue weighted by Gasteiger charge is -2.43. The van der Waals surface area contributed by atoms with Crippen molar-refractivity contribution in [3.05, 3.63) is 0 Å². The minimum Gasteiger partial charge on any atom is -0.458 e. The van der Waals surface area contributed by atoms with Crippen LogP contribution in [-0.4, -0.2) is 61.5 Å². The molecule has 0 N–H and O–H groups in total. The summed E-state index contributed by atoms with van der Waals surface area (Å²) in [6.45, 7) is 4.72. The molecule has 9 heteroatoms. The van der Waals surface area contributed by atoms with E-state index in [0.717, 1.165) is 6.92 Å². The maximum atomic E-state index is 11.4. The number of rotatable bonds is 5. The number of ether oxygens (including phenoxy) is 5. The summed E-state index contributed by atoms with van der Waals surface area (Å²) >= 11 is 0. The minimum absolute atomic E-state index is 0.101. The SMILES string of the molecule is CO[C@H]1C[C@@H](OC(C)=O)[C@H](OC(C)=O)[C@H](OC(C)=O)[C@H]1OC(C)=O. The van der Waals surface area contributed by atoms with E-state index in [0.29, 0.717) is 0 Å². The van der Waals surface area contributed by atoms with E-state index in [9.17, 15) is 19.2 Å². The highest BCUT2D eigenvalue weighted by Crippen LogP contribution is 2.31. The molecule has 1 rings (SSSR count). The van der Waals surface area contributed by atoms with E-state index in [2.05, 4.69) is 0 Å². The molecule has 1 saturated carbocycles. The van der Waals surface area contributed by atoms with Crippen molar-refractivity contribution in [1.29, 1.82) is 0 Å². The molecule has 0 aromatic carbocycles. The van der Waals surface area contributed by atoms with Crippen molar-refractivity contribution in [2.45, 2.75) is 64.6 Å². The molecule has 136 valence electrons. The van der Waals surface area contributed by atoms with Gasteiger partial charge in [-0.1, -0.05) is 0 Å².